The van der Waals surface area contributed by atoms with Crippen molar-refractivity contribution in [3.8, 4) is 0 Å². The number of hydrogen-bond donors (Lipinski definition) is 0. The van der Waals surface area contributed by atoms with Gasteiger partial charge in [0.1, 0.15) is 0 Å². The Morgan fingerprint density at radius 2 is 1.07 bits per heavy atom. The first-order valence-corrected chi connectivity index (χ1v) is 14.0. The zero-order valence-electron chi connectivity index (χ0n) is 20.6. The van der Waals surface area contributed by atoms with Crippen LogP contribution in [0.5, 0.6) is 0 Å². The van der Waals surface area contributed by atoms with Crippen LogP contribution >= 0.6 is 0 Å². The minimum atomic E-state index is -2.41. The molecule has 0 N–H and O–H groups in total. The van der Waals surface area contributed by atoms with E-state index >= 15 is 0 Å². The highest BCUT2D eigenvalue weighted by Crippen LogP contribution is 2.17. The third-order valence-corrected chi connectivity index (χ3v) is 8.79. The summed E-state index contributed by atoms with van der Waals surface area (Å²) in [7, 11) is 7.37. The van der Waals surface area contributed by atoms with Crippen LogP contribution in [0.2, 0.25) is 6.04 Å². The van der Waals surface area contributed by atoms with E-state index in [9.17, 15) is 0 Å². The number of nitrogens with zero attached hydrogens (tertiary/aromatic N) is 1. The fourth-order valence-electron chi connectivity index (χ4n) is 3.83. The third kappa shape index (κ3) is 16.2. The zero-order valence-corrected chi connectivity index (χ0v) is 21.6. The van der Waals surface area contributed by atoms with E-state index in [0.717, 1.165) is 23.5 Å². The van der Waals surface area contributed by atoms with Crippen molar-refractivity contribution in [3.63, 3.8) is 0 Å². The van der Waals surface area contributed by atoms with E-state index in [1.807, 2.05) is 0 Å². The Labute approximate surface area is 184 Å². The van der Waals surface area contributed by atoms with Crippen molar-refractivity contribution in [2.45, 2.75) is 96.4 Å². The van der Waals surface area contributed by atoms with E-state index in [1.54, 1.807) is 21.3 Å². The molecule has 0 bridgehead atoms. The second-order valence-electron chi connectivity index (χ2n) is 9.01. The van der Waals surface area contributed by atoms with Gasteiger partial charge in [-0.05, 0) is 38.5 Å². The average Bonchev–Trinajstić information content (AvgIpc) is 2.71. The Bertz CT molecular complexity index is 376. The lowest BCUT2D eigenvalue weighted by atomic mass is 10.1. The summed E-state index contributed by atoms with van der Waals surface area (Å²) in [5, 5.41) is 0. The van der Waals surface area contributed by atoms with Gasteiger partial charge in [-0.25, -0.2) is 0 Å². The Morgan fingerprint density at radius 1 is 0.621 bits per heavy atom. The Hall–Kier alpha value is -0.203. The van der Waals surface area contributed by atoms with Gasteiger partial charge in [0.25, 0.3) is 0 Å². The highest BCUT2D eigenvalue weighted by molar-refractivity contribution is 6.60. The summed E-state index contributed by atoms with van der Waals surface area (Å²) in [6, 6.07) is 0.894. The van der Waals surface area contributed by atoms with Crippen LogP contribution in [0.25, 0.3) is 0 Å². The predicted molar refractivity (Wildman–Crippen MR) is 128 cm³/mol. The van der Waals surface area contributed by atoms with Crippen LogP contribution in [-0.4, -0.2) is 61.8 Å². The lowest BCUT2D eigenvalue weighted by molar-refractivity contribution is -0.890. The van der Waals surface area contributed by atoms with Crippen LogP contribution in [0.1, 0.15) is 90.4 Å². The third-order valence-electron chi connectivity index (χ3n) is 5.95. The zero-order chi connectivity index (χ0) is 21.8. The normalized spacial score (nSPS) is 12.9. The van der Waals surface area contributed by atoms with Gasteiger partial charge in [0.05, 0.1) is 27.2 Å². The maximum absolute atomic E-state index is 5.52. The van der Waals surface area contributed by atoms with Crippen molar-refractivity contribution < 1.29 is 17.8 Å². The summed E-state index contributed by atoms with van der Waals surface area (Å²) in [4.78, 5) is 0. The fraction of sp³-hybridized carbons (Fsp3) is 0.917. The highest BCUT2D eigenvalue weighted by Gasteiger charge is 2.37. The van der Waals surface area contributed by atoms with Gasteiger partial charge in [-0.15, -0.1) is 0 Å². The van der Waals surface area contributed by atoms with E-state index in [4.69, 9.17) is 13.3 Å². The molecule has 0 amide bonds. The maximum Gasteiger partial charge on any atom is 0.500 e. The van der Waals surface area contributed by atoms with Gasteiger partial charge in [0.2, 0.25) is 0 Å². The molecule has 0 atom stereocenters. The van der Waals surface area contributed by atoms with Crippen molar-refractivity contribution in [2.24, 2.45) is 0 Å². The Balaban J connectivity index is 3.60. The molecule has 5 heteroatoms. The monoisotopic (exact) mass is 430 g/mol. The molecule has 0 rings (SSSR count). The summed E-state index contributed by atoms with van der Waals surface area (Å²) in [5.41, 5.74) is 0. The molecule has 0 aliphatic carbocycles. The first-order chi connectivity index (χ1) is 13.9. The first kappa shape index (κ1) is 28.8. The number of allylic oxidation sites excluding steroid dienone is 2. The second-order valence-corrected chi connectivity index (χ2v) is 12.1. The van der Waals surface area contributed by atoms with Gasteiger partial charge in [-0.2, -0.15) is 0 Å². The van der Waals surface area contributed by atoms with Crippen LogP contribution in [0.4, 0.5) is 0 Å². The molecule has 0 radical (unpaired) electrons. The molecule has 4 nitrogen and oxygen atoms in total. The van der Waals surface area contributed by atoms with E-state index in [-0.39, 0.29) is 0 Å². The summed E-state index contributed by atoms with van der Waals surface area (Å²) >= 11 is 0. The Kier molecular flexibility index (Phi) is 18.4. The van der Waals surface area contributed by atoms with Crippen molar-refractivity contribution in [3.05, 3.63) is 12.2 Å². The lowest BCUT2D eigenvalue weighted by Gasteiger charge is -2.31. The second kappa shape index (κ2) is 18.6. The van der Waals surface area contributed by atoms with Crippen molar-refractivity contribution in [1.82, 2.24) is 0 Å². The summed E-state index contributed by atoms with van der Waals surface area (Å²) in [5.74, 6) is 0. The fourth-order valence-corrected chi connectivity index (χ4v) is 5.53. The smallest absolute Gasteiger partial charge is 0.377 e. The minimum absolute atomic E-state index is 0.894. The van der Waals surface area contributed by atoms with E-state index in [0.29, 0.717) is 0 Å². The standard InChI is InChI=1S/C24H52NO3Si/c1-7-8-9-10-11-12-13-14-15-16-17-18-19-20-22-25(2,3)23-21-24-29(26-4,27-5)28-6/h12-13H,7-11,14-24H2,1-6H3/q+1/b13-12-. The predicted octanol–water partition coefficient (Wildman–Crippen LogP) is 6.59. The molecule has 0 saturated heterocycles. The molecule has 0 aromatic heterocycles. The molecule has 0 saturated carbocycles. The topological polar surface area (TPSA) is 27.7 Å². The average molecular weight is 431 g/mol. The van der Waals surface area contributed by atoms with Gasteiger partial charge in [-0.1, -0.05) is 57.6 Å². The number of hydrogen-bond acceptors (Lipinski definition) is 3. The van der Waals surface area contributed by atoms with Crippen LogP contribution in [0, 0.1) is 0 Å². The Morgan fingerprint density at radius 3 is 1.59 bits per heavy atom. The summed E-state index contributed by atoms with van der Waals surface area (Å²) in [6.07, 6.45) is 22.1. The quantitative estimate of drug-likeness (QED) is 0.0889. The van der Waals surface area contributed by atoms with Crippen LogP contribution in [0.15, 0.2) is 12.2 Å². The maximum atomic E-state index is 5.52. The molecule has 0 aliphatic heterocycles. The van der Waals surface area contributed by atoms with Gasteiger partial charge in [0, 0.05) is 33.8 Å². The SMILES string of the molecule is CCCCCC/C=C\CCCCCCCC[N+](C)(C)CCC[Si](OC)(OC)OC. The van der Waals surface area contributed by atoms with Gasteiger partial charge in [-0.3, -0.25) is 0 Å². The molecule has 0 fully saturated rings. The highest BCUT2D eigenvalue weighted by atomic mass is 28.4. The number of quaternary nitrogens is 1. The lowest BCUT2D eigenvalue weighted by Crippen LogP contribution is -2.45. The first-order valence-electron chi connectivity index (χ1n) is 12.1. The molecule has 0 aromatic carbocycles. The molecular formula is C24H52NO3Si+. The molecule has 174 valence electrons. The van der Waals surface area contributed by atoms with Crippen LogP contribution in [0.3, 0.4) is 0 Å². The van der Waals surface area contributed by atoms with E-state index in [2.05, 4.69) is 33.2 Å². The molecule has 0 aliphatic rings. The molecule has 0 aromatic rings. The molecule has 0 heterocycles. The summed E-state index contributed by atoms with van der Waals surface area (Å²) in [6.45, 7) is 4.67. The van der Waals surface area contributed by atoms with Gasteiger partial charge in [0.15, 0.2) is 0 Å². The van der Waals surface area contributed by atoms with Crippen LogP contribution in [-0.2, 0) is 13.3 Å². The number of rotatable bonds is 21. The summed E-state index contributed by atoms with van der Waals surface area (Å²) < 4.78 is 17.6. The van der Waals surface area contributed by atoms with Gasteiger partial charge < -0.3 is 17.8 Å². The van der Waals surface area contributed by atoms with Crippen molar-refractivity contribution in [2.75, 3.05) is 48.5 Å². The van der Waals surface area contributed by atoms with Crippen molar-refractivity contribution in [1.29, 1.82) is 0 Å². The van der Waals surface area contributed by atoms with E-state index in [1.165, 1.54) is 83.6 Å². The van der Waals surface area contributed by atoms with Gasteiger partial charge >= 0.3 is 8.80 Å². The molecule has 0 unspecified atom stereocenters. The van der Waals surface area contributed by atoms with Crippen LogP contribution < -0.4 is 0 Å². The molecular weight excluding hydrogens is 378 g/mol. The van der Waals surface area contributed by atoms with E-state index < -0.39 is 8.80 Å². The van der Waals surface area contributed by atoms with Crippen molar-refractivity contribution >= 4 is 8.80 Å². The minimum Gasteiger partial charge on any atom is -0.377 e. The largest absolute Gasteiger partial charge is 0.500 e. The number of unbranched alkanes of at least 4 members (excludes halogenated alkanes) is 10. The molecule has 0 spiro atoms. The molecule has 29 heavy (non-hydrogen) atoms.